The van der Waals surface area contributed by atoms with Crippen LogP contribution >= 0.6 is 27.5 Å². The van der Waals surface area contributed by atoms with E-state index >= 15 is 0 Å². The number of hydrogen-bond donors (Lipinski definition) is 0. The summed E-state index contributed by atoms with van der Waals surface area (Å²) in [5.41, 5.74) is 2.54. The molecule has 1 aliphatic heterocycles. The number of benzene rings is 1. The molecule has 0 fully saturated rings. The van der Waals surface area contributed by atoms with Crippen LogP contribution in [0.15, 0.2) is 28.9 Å². The molecule has 0 radical (unpaired) electrons. The van der Waals surface area contributed by atoms with Gasteiger partial charge in [0.2, 0.25) is 5.28 Å². The normalized spacial score (nSPS) is 13.5. The SMILES string of the molecule is COCCN1CCN(Cc2cc(Br)ccc2C#N)c2cnc(Cl)nc21. The molecule has 0 aliphatic carbocycles. The molecular weight excluding hydrogens is 406 g/mol. The summed E-state index contributed by atoms with van der Waals surface area (Å²) in [6.07, 6.45) is 1.74. The molecule has 0 saturated heterocycles. The predicted octanol–water partition coefficient (Wildman–Crippen LogP) is 3.24. The van der Waals surface area contributed by atoms with Gasteiger partial charge in [0.25, 0.3) is 0 Å². The molecule has 1 aliphatic rings. The van der Waals surface area contributed by atoms with E-state index in [-0.39, 0.29) is 5.28 Å². The average molecular weight is 423 g/mol. The fraction of sp³-hybridized carbons (Fsp3) is 0.353. The minimum atomic E-state index is 0.225. The smallest absolute Gasteiger partial charge is 0.224 e. The van der Waals surface area contributed by atoms with E-state index in [1.807, 2.05) is 18.2 Å². The lowest BCUT2D eigenvalue weighted by Gasteiger charge is -2.37. The molecule has 0 saturated carbocycles. The first-order chi connectivity index (χ1) is 12.1. The van der Waals surface area contributed by atoms with Gasteiger partial charge in [-0.3, -0.25) is 0 Å². The number of nitriles is 1. The van der Waals surface area contributed by atoms with Gasteiger partial charge in [-0.05, 0) is 35.4 Å². The zero-order chi connectivity index (χ0) is 17.8. The maximum Gasteiger partial charge on any atom is 0.224 e. The molecule has 6 nitrogen and oxygen atoms in total. The van der Waals surface area contributed by atoms with E-state index < -0.39 is 0 Å². The Bertz CT molecular complexity index is 810. The third-order valence-corrected chi connectivity index (χ3v) is 4.79. The Hall–Kier alpha value is -1.88. The molecule has 2 aromatic rings. The minimum absolute atomic E-state index is 0.225. The Morgan fingerprint density at radius 2 is 2.16 bits per heavy atom. The topological polar surface area (TPSA) is 65.3 Å². The summed E-state index contributed by atoms with van der Waals surface area (Å²) < 4.78 is 6.13. The van der Waals surface area contributed by atoms with E-state index in [0.29, 0.717) is 18.7 Å². The molecule has 130 valence electrons. The number of hydrogen-bond acceptors (Lipinski definition) is 6. The third-order valence-electron chi connectivity index (χ3n) is 4.11. The fourth-order valence-corrected chi connectivity index (χ4v) is 3.40. The molecule has 3 rings (SSSR count). The van der Waals surface area contributed by atoms with Crippen LogP contribution < -0.4 is 9.80 Å². The zero-order valence-corrected chi connectivity index (χ0v) is 16.1. The number of rotatable bonds is 5. The molecule has 0 unspecified atom stereocenters. The van der Waals surface area contributed by atoms with Crippen LogP contribution in [0.1, 0.15) is 11.1 Å². The Morgan fingerprint density at radius 3 is 2.92 bits per heavy atom. The van der Waals surface area contributed by atoms with E-state index in [1.54, 1.807) is 13.3 Å². The number of fused-ring (bicyclic) bond motifs is 1. The summed E-state index contributed by atoms with van der Waals surface area (Å²) in [6, 6.07) is 7.94. The number of nitrogens with zero attached hydrogens (tertiary/aromatic N) is 5. The highest BCUT2D eigenvalue weighted by Gasteiger charge is 2.25. The molecule has 0 spiro atoms. The molecule has 8 heteroatoms. The van der Waals surface area contributed by atoms with Crippen molar-refractivity contribution in [1.82, 2.24) is 9.97 Å². The van der Waals surface area contributed by atoms with Crippen molar-refractivity contribution in [2.75, 3.05) is 43.2 Å². The molecule has 2 heterocycles. The van der Waals surface area contributed by atoms with Crippen molar-refractivity contribution >= 4 is 39.0 Å². The van der Waals surface area contributed by atoms with Gasteiger partial charge in [-0.25, -0.2) is 4.98 Å². The van der Waals surface area contributed by atoms with Crippen LogP contribution in [0.3, 0.4) is 0 Å². The third kappa shape index (κ3) is 4.03. The maximum atomic E-state index is 9.36. The van der Waals surface area contributed by atoms with Gasteiger partial charge in [-0.2, -0.15) is 10.2 Å². The Morgan fingerprint density at radius 1 is 1.36 bits per heavy atom. The lowest BCUT2D eigenvalue weighted by molar-refractivity contribution is 0.205. The van der Waals surface area contributed by atoms with Crippen molar-refractivity contribution in [3.05, 3.63) is 45.3 Å². The van der Waals surface area contributed by atoms with Crippen LogP contribution in [0, 0.1) is 11.3 Å². The van der Waals surface area contributed by atoms with Gasteiger partial charge in [-0.1, -0.05) is 15.9 Å². The summed E-state index contributed by atoms with van der Waals surface area (Å²) >= 11 is 9.48. The fourth-order valence-electron chi connectivity index (χ4n) is 2.86. The maximum absolute atomic E-state index is 9.36. The second-order valence-electron chi connectivity index (χ2n) is 5.66. The monoisotopic (exact) mass is 421 g/mol. The number of halogens is 2. The van der Waals surface area contributed by atoms with Gasteiger partial charge >= 0.3 is 0 Å². The highest BCUT2D eigenvalue weighted by atomic mass is 79.9. The second-order valence-corrected chi connectivity index (χ2v) is 6.92. The van der Waals surface area contributed by atoms with Gasteiger partial charge in [-0.15, -0.1) is 0 Å². The Labute approximate surface area is 160 Å². The lowest BCUT2D eigenvalue weighted by atomic mass is 10.1. The first-order valence-electron chi connectivity index (χ1n) is 7.82. The number of methoxy groups -OCH3 is 1. The van der Waals surface area contributed by atoms with Crippen molar-refractivity contribution in [2.45, 2.75) is 6.54 Å². The summed E-state index contributed by atoms with van der Waals surface area (Å²) in [6.45, 7) is 3.58. The quantitative estimate of drug-likeness (QED) is 0.689. The van der Waals surface area contributed by atoms with Crippen LogP contribution in [-0.2, 0) is 11.3 Å². The largest absolute Gasteiger partial charge is 0.383 e. The van der Waals surface area contributed by atoms with E-state index in [9.17, 15) is 5.26 Å². The van der Waals surface area contributed by atoms with Crippen molar-refractivity contribution in [3.8, 4) is 6.07 Å². The van der Waals surface area contributed by atoms with Crippen molar-refractivity contribution < 1.29 is 4.74 Å². The van der Waals surface area contributed by atoms with E-state index in [2.05, 4.69) is 41.8 Å². The van der Waals surface area contributed by atoms with Crippen LogP contribution in [-0.4, -0.2) is 43.3 Å². The molecule has 0 atom stereocenters. The number of aromatic nitrogens is 2. The first-order valence-corrected chi connectivity index (χ1v) is 8.99. The van der Waals surface area contributed by atoms with E-state index in [0.717, 1.165) is 41.2 Å². The van der Waals surface area contributed by atoms with Crippen molar-refractivity contribution in [3.63, 3.8) is 0 Å². The zero-order valence-electron chi connectivity index (χ0n) is 13.7. The number of ether oxygens (including phenoxy) is 1. The van der Waals surface area contributed by atoms with E-state index in [1.165, 1.54) is 0 Å². The van der Waals surface area contributed by atoms with Gasteiger partial charge in [0.1, 0.15) is 0 Å². The molecule has 1 aromatic carbocycles. The standard InChI is InChI=1S/C17H17BrClN5O/c1-25-7-6-23-4-5-24(15-10-21-17(19)22-16(15)23)11-13-8-14(18)3-2-12(13)9-20/h2-3,8,10H,4-7,11H2,1H3. The highest BCUT2D eigenvalue weighted by Crippen LogP contribution is 2.33. The van der Waals surface area contributed by atoms with Gasteiger partial charge in [0.15, 0.2) is 5.82 Å². The summed E-state index contributed by atoms with van der Waals surface area (Å²) in [5, 5.41) is 9.59. The first kappa shape index (κ1) is 17.9. The molecule has 25 heavy (non-hydrogen) atoms. The van der Waals surface area contributed by atoms with Crippen LogP contribution in [0.5, 0.6) is 0 Å². The van der Waals surface area contributed by atoms with E-state index in [4.69, 9.17) is 16.3 Å². The highest BCUT2D eigenvalue weighted by molar-refractivity contribution is 9.10. The summed E-state index contributed by atoms with van der Waals surface area (Å²) in [7, 11) is 1.68. The summed E-state index contributed by atoms with van der Waals surface area (Å²) in [4.78, 5) is 12.9. The average Bonchev–Trinajstić information content (AvgIpc) is 2.61. The minimum Gasteiger partial charge on any atom is -0.383 e. The van der Waals surface area contributed by atoms with Crippen LogP contribution in [0.25, 0.3) is 0 Å². The number of anilines is 2. The Balaban J connectivity index is 1.91. The second kappa shape index (κ2) is 8.00. The molecular formula is C17H17BrClN5O. The molecule has 0 N–H and O–H groups in total. The van der Waals surface area contributed by atoms with Crippen LogP contribution in [0.4, 0.5) is 11.5 Å². The van der Waals surface area contributed by atoms with Crippen molar-refractivity contribution in [2.24, 2.45) is 0 Å². The van der Waals surface area contributed by atoms with Gasteiger partial charge < -0.3 is 14.5 Å². The summed E-state index contributed by atoms with van der Waals surface area (Å²) in [5.74, 6) is 0.803. The molecule has 0 bridgehead atoms. The van der Waals surface area contributed by atoms with Gasteiger partial charge in [0, 0.05) is 37.8 Å². The predicted molar refractivity (Wildman–Crippen MR) is 101 cm³/mol. The molecule has 0 amide bonds. The lowest BCUT2D eigenvalue weighted by Crippen LogP contribution is -2.43. The van der Waals surface area contributed by atoms with Crippen LogP contribution in [0.2, 0.25) is 5.28 Å². The molecule has 1 aromatic heterocycles. The van der Waals surface area contributed by atoms with Gasteiger partial charge in [0.05, 0.1) is 30.1 Å². The Kier molecular flexibility index (Phi) is 5.74. The van der Waals surface area contributed by atoms with Crippen molar-refractivity contribution in [1.29, 1.82) is 5.26 Å².